The summed E-state index contributed by atoms with van der Waals surface area (Å²) in [7, 11) is 0. The van der Waals surface area contributed by atoms with E-state index in [1.807, 2.05) is 0 Å². The number of benzene rings is 1. The van der Waals surface area contributed by atoms with Crippen molar-refractivity contribution in [1.82, 2.24) is 5.32 Å². The molecule has 6 heteroatoms. The second-order valence-electron chi connectivity index (χ2n) is 3.05. The number of carbonyl (C=O) groups is 2. The Bertz CT molecular complexity index is 390. The van der Waals surface area contributed by atoms with Crippen molar-refractivity contribution >= 4 is 34.5 Å². The fourth-order valence-corrected chi connectivity index (χ4v) is 1.39. The largest absolute Gasteiger partial charge is 0.480 e. The molecule has 0 aliphatic rings. The van der Waals surface area contributed by atoms with Crippen LogP contribution in [0.15, 0.2) is 24.3 Å². The molecule has 0 aromatic heterocycles. The minimum atomic E-state index is -1.27. The van der Waals surface area contributed by atoms with Gasteiger partial charge in [0.05, 0.1) is 6.61 Å². The maximum Gasteiger partial charge on any atom is 0.328 e. The Morgan fingerprint density at radius 3 is 2.31 bits per heavy atom. The van der Waals surface area contributed by atoms with Gasteiger partial charge in [0.1, 0.15) is 0 Å². The van der Waals surface area contributed by atoms with Crippen molar-refractivity contribution in [2.75, 3.05) is 6.61 Å². The summed E-state index contributed by atoms with van der Waals surface area (Å²) in [5.41, 5.74) is 0.361. The van der Waals surface area contributed by atoms with Gasteiger partial charge in [-0.15, -0.1) is 0 Å². The Kier molecular flexibility index (Phi) is 4.69. The Morgan fingerprint density at radius 1 is 1.31 bits per heavy atom. The summed E-state index contributed by atoms with van der Waals surface area (Å²) in [6, 6.07) is 5.39. The molecule has 5 nitrogen and oxygen atoms in total. The van der Waals surface area contributed by atoms with Crippen LogP contribution in [0.2, 0.25) is 0 Å². The summed E-state index contributed by atoms with van der Waals surface area (Å²) in [5, 5.41) is 19.6. The lowest BCUT2D eigenvalue weighted by molar-refractivity contribution is -0.140. The first-order valence-corrected chi connectivity index (χ1v) is 5.52. The Hall–Kier alpha value is -1.15. The van der Waals surface area contributed by atoms with E-state index in [-0.39, 0.29) is 0 Å². The zero-order valence-electron chi connectivity index (χ0n) is 8.18. The van der Waals surface area contributed by atoms with Crippen LogP contribution in [0.4, 0.5) is 0 Å². The maximum absolute atomic E-state index is 11.5. The number of aliphatic hydroxyl groups excluding tert-OH is 1. The summed E-state index contributed by atoms with van der Waals surface area (Å²) < 4.78 is 0.978. The molecule has 1 rings (SSSR count). The van der Waals surface area contributed by atoms with Gasteiger partial charge < -0.3 is 15.5 Å². The molecule has 16 heavy (non-hydrogen) atoms. The lowest BCUT2D eigenvalue weighted by Gasteiger charge is -2.11. The highest BCUT2D eigenvalue weighted by atomic mass is 127. The zero-order chi connectivity index (χ0) is 12.1. The van der Waals surface area contributed by atoms with Gasteiger partial charge in [0.15, 0.2) is 6.04 Å². The average Bonchev–Trinajstić information content (AvgIpc) is 2.26. The molecule has 86 valence electrons. The van der Waals surface area contributed by atoms with Crippen molar-refractivity contribution in [3.05, 3.63) is 33.4 Å². The minimum absolute atomic E-state index is 0.361. The topological polar surface area (TPSA) is 86.6 Å². The molecule has 0 aliphatic carbocycles. The molecule has 3 N–H and O–H groups in total. The number of carboxylic acids is 1. The molecule has 0 heterocycles. The maximum atomic E-state index is 11.5. The lowest BCUT2D eigenvalue weighted by Crippen LogP contribution is -2.43. The van der Waals surface area contributed by atoms with E-state index in [4.69, 9.17) is 10.2 Å². The van der Waals surface area contributed by atoms with Crippen molar-refractivity contribution in [1.29, 1.82) is 0 Å². The van der Waals surface area contributed by atoms with Gasteiger partial charge in [-0.25, -0.2) is 4.79 Å². The van der Waals surface area contributed by atoms with Crippen LogP contribution in [0.5, 0.6) is 0 Å². The van der Waals surface area contributed by atoms with Crippen molar-refractivity contribution in [2.45, 2.75) is 6.04 Å². The number of hydrogen-bond acceptors (Lipinski definition) is 3. The summed E-state index contributed by atoms with van der Waals surface area (Å²) in [4.78, 5) is 22.1. The standard InChI is InChI=1S/C10H10INO4/c11-7-3-1-6(2-4-7)9(14)12-8(5-13)10(15)16/h1-4,8,13H,5H2,(H,12,14)(H,15,16)/t8-/m0/s1. The van der Waals surface area contributed by atoms with E-state index in [9.17, 15) is 9.59 Å². The Labute approximate surface area is 106 Å². The summed E-state index contributed by atoms with van der Waals surface area (Å²) in [6.07, 6.45) is 0. The van der Waals surface area contributed by atoms with E-state index in [0.29, 0.717) is 5.56 Å². The van der Waals surface area contributed by atoms with E-state index in [1.165, 1.54) is 0 Å². The minimum Gasteiger partial charge on any atom is -0.480 e. The molecule has 0 saturated carbocycles. The van der Waals surface area contributed by atoms with Crippen molar-refractivity contribution in [3.63, 3.8) is 0 Å². The molecule has 0 unspecified atom stereocenters. The van der Waals surface area contributed by atoms with E-state index in [1.54, 1.807) is 24.3 Å². The van der Waals surface area contributed by atoms with Crippen LogP contribution < -0.4 is 5.32 Å². The predicted octanol–water partition coefficient (Wildman–Crippen LogP) is 0.467. The normalized spacial score (nSPS) is 11.9. The summed E-state index contributed by atoms with van der Waals surface area (Å²) in [5.74, 6) is -1.78. The Morgan fingerprint density at radius 2 is 1.88 bits per heavy atom. The van der Waals surface area contributed by atoms with Crippen LogP contribution in [-0.4, -0.2) is 34.7 Å². The molecule has 0 aliphatic heterocycles. The first-order chi connectivity index (χ1) is 7.54. The van der Waals surface area contributed by atoms with E-state index >= 15 is 0 Å². The highest BCUT2D eigenvalue weighted by Crippen LogP contribution is 2.06. The molecular formula is C10H10INO4. The first kappa shape index (κ1) is 12.9. The van der Waals surface area contributed by atoms with Gasteiger partial charge in [0.25, 0.3) is 5.91 Å². The molecule has 1 aromatic carbocycles. The van der Waals surface area contributed by atoms with Gasteiger partial charge in [0, 0.05) is 9.13 Å². The predicted molar refractivity (Wildman–Crippen MR) is 65.1 cm³/mol. The number of carbonyl (C=O) groups excluding carboxylic acids is 1. The highest BCUT2D eigenvalue weighted by molar-refractivity contribution is 14.1. The molecule has 1 amide bonds. The number of carboxylic acid groups (broad SMARTS) is 1. The highest BCUT2D eigenvalue weighted by Gasteiger charge is 2.19. The number of halogens is 1. The third-order valence-electron chi connectivity index (χ3n) is 1.89. The smallest absolute Gasteiger partial charge is 0.328 e. The number of nitrogens with one attached hydrogen (secondary N) is 1. The van der Waals surface area contributed by atoms with Crippen LogP contribution in [0.3, 0.4) is 0 Å². The number of rotatable bonds is 4. The molecular weight excluding hydrogens is 325 g/mol. The van der Waals surface area contributed by atoms with Gasteiger partial charge >= 0.3 is 5.97 Å². The number of aliphatic hydroxyl groups is 1. The lowest BCUT2D eigenvalue weighted by atomic mass is 10.2. The molecule has 1 aromatic rings. The van der Waals surface area contributed by atoms with E-state index in [0.717, 1.165) is 3.57 Å². The first-order valence-electron chi connectivity index (χ1n) is 4.44. The van der Waals surface area contributed by atoms with Crippen LogP contribution >= 0.6 is 22.6 Å². The van der Waals surface area contributed by atoms with Gasteiger partial charge in [-0.2, -0.15) is 0 Å². The fourth-order valence-electron chi connectivity index (χ4n) is 1.03. The van der Waals surface area contributed by atoms with Crippen LogP contribution in [-0.2, 0) is 4.79 Å². The monoisotopic (exact) mass is 335 g/mol. The van der Waals surface area contributed by atoms with Crippen LogP contribution in [0.1, 0.15) is 10.4 Å². The molecule has 0 fully saturated rings. The molecule has 1 atom stereocenters. The second-order valence-corrected chi connectivity index (χ2v) is 4.30. The van der Waals surface area contributed by atoms with Gasteiger partial charge in [-0.3, -0.25) is 4.79 Å². The summed E-state index contributed by atoms with van der Waals surface area (Å²) in [6.45, 7) is -0.633. The molecule has 0 bridgehead atoms. The van der Waals surface area contributed by atoms with Crippen molar-refractivity contribution < 1.29 is 19.8 Å². The van der Waals surface area contributed by atoms with Crippen molar-refractivity contribution in [2.24, 2.45) is 0 Å². The summed E-state index contributed by atoms with van der Waals surface area (Å²) >= 11 is 2.10. The second kappa shape index (κ2) is 5.80. The van der Waals surface area contributed by atoms with E-state index in [2.05, 4.69) is 27.9 Å². The van der Waals surface area contributed by atoms with E-state index < -0.39 is 24.5 Å². The van der Waals surface area contributed by atoms with Crippen LogP contribution in [0.25, 0.3) is 0 Å². The Balaban J connectivity index is 2.71. The van der Waals surface area contributed by atoms with Gasteiger partial charge in [-0.1, -0.05) is 0 Å². The van der Waals surface area contributed by atoms with Crippen LogP contribution in [0, 0.1) is 3.57 Å². The van der Waals surface area contributed by atoms with Gasteiger partial charge in [0.2, 0.25) is 0 Å². The average molecular weight is 335 g/mol. The molecule has 0 radical (unpaired) electrons. The SMILES string of the molecule is O=C(N[C@@H](CO)C(=O)O)c1ccc(I)cc1. The molecule has 0 saturated heterocycles. The number of hydrogen-bond donors (Lipinski definition) is 3. The van der Waals surface area contributed by atoms with Crippen molar-refractivity contribution in [3.8, 4) is 0 Å². The third kappa shape index (κ3) is 3.46. The quantitative estimate of drug-likeness (QED) is 0.698. The van der Waals surface area contributed by atoms with Gasteiger partial charge in [-0.05, 0) is 46.9 Å². The number of aliphatic carboxylic acids is 1. The third-order valence-corrected chi connectivity index (χ3v) is 2.61. The molecule has 0 spiro atoms. The fraction of sp³-hybridized carbons (Fsp3) is 0.200. The number of amides is 1. The zero-order valence-corrected chi connectivity index (χ0v) is 10.3.